The van der Waals surface area contributed by atoms with Crippen molar-refractivity contribution in [3.05, 3.63) is 53.9 Å². The molecule has 1 N–H and O–H groups in total. The lowest BCUT2D eigenvalue weighted by Gasteiger charge is -2.25. The van der Waals surface area contributed by atoms with E-state index in [1.807, 2.05) is 16.7 Å². The number of aromatic nitrogens is 2. The van der Waals surface area contributed by atoms with Crippen LogP contribution in [0.25, 0.3) is 10.9 Å². The highest BCUT2D eigenvalue weighted by Crippen LogP contribution is 2.42. The Morgan fingerprint density at radius 3 is 1.61 bits per heavy atom. The van der Waals surface area contributed by atoms with Crippen LogP contribution in [0.2, 0.25) is 0 Å². The second-order valence-corrected chi connectivity index (χ2v) is 12.7. The summed E-state index contributed by atoms with van der Waals surface area (Å²) in [4.78, 5) is 0. The molecule has 0 aliphatic rings. The molecule has 3 aromatic rings. The first-order chi connectivity index (χ1) is 13.8. The van der Waals surface area contributed by atoms with Crippen molar-refractivity contribution in [3.63, 3.8) is 0 Å². The second kappa shape index (κ2) is 8.07. The van der Waals surface area contributed by atoms with Gasteiger partial charge < -0.3 is 14.2 Å². The highest BCUT2D eigenvalue weighted by Gasteiger charge is 2.30. The summed E-state index contributed by atoms with van der Waals surface area (Å²) >= 11 is 0. The topological polar surface area (TPSA) is 30.1 Å². The zero-order chi connectivity index (χ0) is 24.0. The first kappa shape index (κ1) is 25.1. The van der Waals surface area contributed by atoms with Gasteiger partial charge in [0.05, 0.1) is 5.52 Å². The van der Waals surface area contributed by atoms with Crippen molar-refractivity contribution >= 4 is 10.9 Å². The maximum Gasteiger partial charge on any atom is 0.196 e. The zero-order valence-electron chi connectivity index (χ0n) is 21.9. The van der Waals surface area contributed by atoms with E-state index in [-0.39, 0.29) is 21.9 Å². The number of benzene rings is 1. The molecule has 2 aromatic heterocycles. The number of para-hydroxylation sites is 1. The molecule has 0 aliphatic carbocycles. The van der Waals surface area contributed by atoms with Crippen LogP contribution in [0.4, 0.5) is 0 Å². The molecule has 2 heterocycles. The van der Waals surface area contributed by atoms with Gasteiger partial charge in [-0.05, 0) is 70.1 Å². The van der Waals surface area contributed by atoms with E-state index in [2.05, 4.69) is 118 Å². The molecule has 3 heteroatoms. The Kier molecular flexibility index (Phi) is 6.54. The largest absolute Gasteiger partial charge is 0.494 e. The molecule has 0 atom stereocenters. The van der Waals surface area contributed by atoms with Crippen LogP contribution in [0, 0.1) is 0 Å². The molecule has 0 radical (unpaired) electrons. The number of nitrogens with zero attached hydrogens (tertiary/aromatic N) is 2. The minimum absolute atomic E-state index is 0.0693. The lowest BCUT2D eigenvalue weighted by Crippen LogP contribution is -2.21. The van der Waals surface area contributed by atoms with E-state index in [0.29, 0.717) is 5.88 Å². The third-order valence-corrected chi connectivity index (χ3v) is 5.60. The standard InChI is InChI=1S/C16H23NO.C12H21N/c1-15(2,3)13-11-9-7-8-10-12(11)17(14(13)18)16(4,5)6;1-11(2,3)10-7-8-13(9-10)12(4,5)6/h7-10,18H,1-6H3;7-9H,1-6H3. The number of aromatic hydroxyl groups is 1. The molecule has 172 valence electrons. The first-order valence-corrected chi connectivity index (χ1v) is 11.4. The van der Waals surface area contributed by atoms with E-state index >= 15 is 0 Å². The fourth-order valence-corrected chi connectivity index (χ4v) is 3.90. The van der Waals surface area contributed by atoms with Gasteiger partial charge in [0.2, 0.25) is 0 Å². The van der Waals surface area contributed by atoms with Crippen molar-refractivity contribution in [1.29, 1.82) is 0 Å². The summed E-state index contributed by atoms with van der Waals surface area (Å²) in [6.07, 6.45) is 4.42. The third kappa shape index (κ3) is 5.56. The Balaban J connectivity index is 0.000000233. The van der Waals surface area contributed by atoms with Crippen LogP contribution in [-0.2, 0) is 21.9 Å². The molecule has 3 rings (SSSR count). The minimum Gasteiger partial charge on any atom is -0.494 e. The summed E-state index contributed by atoms with van der Waals surface area (Å²) < 4.78 is 4.30. The van der Waals surface area contributed by atoms with E-state index in [4.69, 9.17) is 0 Å². The molecular weight excluding hydrogens is 380 g/mol. The van der Waals surface area contributed by atoms with Gasteiger partial charge in [-0.25, -0.2) is 0 Å². The van der Waals surface area contributed by atoms with Crippen LogP contribution in [0.3, 0.4) is 0 Å². The van der Waals surface area contributed by atoms with E-state index in [1.54, 1.807) is 0 Å². The summed E-state index contributed by atoms with van der Waals surface area (Å²) in [5.41, 5.74) is 3.80. The van der Waals surface area contributed by atoms with Crippen molar-refractivity contribution < 1.29 is 5.11 Å². The third-order valence-electron chi connectivity index (χ3n) is 5.60. The fraction of sp³-hybridized carbons (Fsp3) is 0.571. The van der Waals surface area contributed by atoms with Crippen LogP contribution in [0.5, 0.6) is 5.88 Å². The fourth-order valence-electron chi connectivity index (χ4n) is 3.90. The maximum absolute atomic E-state index is 10.6. The molecule has 0 bridgehead atoms. The SMILES string of the molecule is CC(C)(C)c1c(O)n(C(C)(C)C)c2ccccc12.CC(C)(C)c1ccn(C(C)(C)C)c1. The van der Waals surface area contributed by atoms with E-state index in [0.717, 1.165) is 16.5 Å². The van der Waals surface area contributed by atoms with Crippen molar-refractivity contribution in [2.24, 2.45) is 0 Å². The van der Waals surface area contributed by atoms with Crippen molar-refractivity contribution in [3.8, 4) is 5.88 Å². The Morgan fingerprint density at radius 1 is 0.677 bits per heavy atom. The molecule has 0 unspecified atom stereocenters. The molecule has 0 fully saturated rings. The maximum atomic E-state index is 10.6. The monoisotopic (exact) mass is 424 g/mol. The van der Waals surface area contributed by atoms with Gasteiger partial charge in [0, 0.05) is 34.4 Å². The molecule has 31 heavy (non-hydrogen) atoms. The molecule has 0 amide bonds. The first-order valence-electron chi connectivity index (χ1n) is 11.4. The molecule has 3 nitrogen and oxygen atoms in total. The van der Waals surface area contributed by atoms with Gasteiger partial charge in [-0.15, -0.1) is 0 Å². The van der Waals surface area contributed by atoms with Crippen LogP contribution in [0.1, 0.15) is 94.2 Å². The van der Waals surface area contributed by atoms with Gasteiger partial charge in [0.25, 0.3) is 0 Å². The second-order valence-electron chi connectivity index (χ2n) is 12.7. The quantitative estimate of drug-likeness (QED) is 0.390. The van der Waals surface area contributed by atoms with E-state index in [1.165, 1.54) is 5.56 Å². The molecule has 1 aromatic carbocycles. The average Bonchev–Trinajstić information content (AvgIpc) is 3.15. The molecule has 0 aliphatic heterocycles. The van der Waals surface area contributed by atoms with E-state index < -0.39 is 0 Å². The minimum atomic E-state index is -0.132. The summed E-state index contributed by atoms with van der Waals surface area (Å²) in [5, 5.41) is 11.8. The average molecular weight is 425 g/mol. The van der Waals surface area contributed by atoms with Crippen LogP contribution in [0.15, 0.2) is 42.7 Å². The molecule has 0 saturated carbocycles. The predicted molar refractivity (Wildman–Crippen MR) is 135 cm³/mol. The Labute approximate surface area is 190 Å². The highest BCUT2D eigenvalue weighted by molar-refractivity contribution is 5.88. The smallest absolute Gasteiger partial charge is 0.196 e. The highest BCUT2D eigenvalue weighted by atomic mass is 16.3. The van der Waals surface area contributed by atoms with Crippen molar-refractivity contribution in [2.45, 2.75) is 105 Å². The van der Waals surface area contributed by atoms with Gasteiger partial charge in [-0.3, -0.25) is 0 Å². The summed E-state index contributed by atoms with van der Waals surface area (Å²) in [5.74, 6) is 0.399. The van der Waals surface area contributed by atoms with Crippen LogP contribution in [-0.4, -0.2) is 14.2 Å². The predicted octanol–water partition coefficient (Wildman–Crippen LogP) is 7.94. The van der Waals surface area contributed by atoms with Gasteiger partial charge in [0.15, 0.2) is 5.88 Å². The number of hydrogen-bond donors (Lipinski definition) is 1. The molecular formula is C28H44N2O. The Morgan fingerprint density at radius 2 is 1.23 bits per heavy atom. The summed E-state index contributed by atoms with van der Waals surface area (Å²) in [6, 6.07) is 10.4. The Bertz CT molecular complexity index is 943. The summed E-state index contributed by atoms with van der Waals surface area (Å²) in [7, 11) is 0. The molecule has 0 saturated heterocycles. The van der Waals surface area contributed by atoms with E-state index in [9.17, 15) is 5.11 Å². The van der Waals surface area contributed by atoms with Gasteiger partial charge >= 0.3 is 0 Å². The zero-order valence-corrected chi connectivity index (χ0v) is 21.9. The van der Waals surface area contributed by atoms with Gasteiger partial charge in [-0.2, -0.15) is 0 Å². The number of fused-ring (bicyclic) bond motifs is 1. The molecule has 0 spiro atoms. The number of hydrogen-bond acceptors (Lipinski definition) is 1. The Hall–Kier alpha value is -2.16. The number of rotatable bonds is 0. The van der Waals surface area contributed by atoms with Gasteiger partial charge in [0.1, 0.15) is 0 Å². The van der Waals surface area contributed by atoms with Crippen LogP contribution < -0.4 is 0 Å². The van der Waals surface area contributed by atoms with Crippen molar-refractivity contribution in [1.82, 2.24) is 9.13 Å². The lowest BCUT2D eigenvalue weighted by atomic mass is 9.86. The summed E-state index contributed by atoms with van der Waals surface area (Å²) in [6.45, 7) is 26.2. The van der Waals surface area contributed by atoms with Crippen molar-refractivity contribution in [2.75, 3.05) is 0 Å². The van der Waals surface area contributed by atoms with Gasteiger partial charge in [-0.1, -0.05) is 59.7 Å². The lowest BCUT2D eigenvalue weighted by molar-refractivity contribution is 0.326. The normalized spacial score (nSPS) is 13.3. The van der Waals surface area contributed by atoms with Crippen LogP contribution >= 0.6 is 0 Å².